The van der Waals surface area contributed by atoms with Crippen LogP contribution >= 0.6 is 11.8 Å². The third-order valence-electron chi connectivity index (χ3n) is 1.28. The first kappa shape index (κ1) is 10.1. The second kappa shape index (κ2) is 7.20. The Morgan fingerprint density at radius 2 is 2.10 bits per heavy atom. The Morgan fingerprint density at radius 1 is 1.40 bits per heavy atom. The average molecular weight is 158 g/mol. The Kier molecular flexibility index (Phi) is 7.26. The van der Waals surface area contributed by atoms with Crippen molar-refractivity contribution in [3.05, 3.63) is 11.5 Å². The van der Waals surface area contributed by atoms with Crippen LogP contribution in [0.15, 0.2) is 11.5 Å². The van der Waals surface area contributed by atoms with Crippen molar-refractivity contribution in [2.75, 3.05) is 5.75 Å². The van der Waals surface area contributed by atoms with Crippen molar-refractivity contribution in [2.45, 2.75) is 33.6 Å². The molecule has 0 fully saturated rings. The SMILES string of the molecule is CC=CSCCCC(C)C. The molecule has 60 valence electrons. The number of hydrogen-bond donors (Lipinski definition) is 0. The lowest BCUT2D eigenvalue weighted by Gasteiger charge is -2.01. The zero-order chi connectivity index (χ0) is 7.82. The quantitative estimate of drug-likeness (QED) is 0.550. The maximum absolute atomic E-state index is 2.28. The van der Waals surface area contributed by atoms with Crippen molar-refractivity contribution in [2.24, 2.45) is 5.92 Å². The molecule has 0 aliphatic heterocycles. The first-order valence-electron chi connectivity index (χ1n) is 4.00. The predicted octanol–water partition coefficient (Wildman–Crippen LogP) is 3.69. The van der Waals surface area contributed by atoms with E-state index in [9.17, 15) is 0 Å². The van der Waals surface area contributed by atoms with E-state index >= 15 is 0 Å². The van der Waals surface area contributed by atoms with Crippen LogP contribution in [-0.4, -0.2) is 5.75 Å². The normalized spacial score (nSPS) is 11.6. The van der Waals surface area contributed by atoms with E-state index in [-0.39, 0.29) is 0 Å². The summed E-state index contributed by atoms with van der Waals surface area (Å²) in [4.78, 5) is 0. The van der Waals surface area contributed by atoms with Crippen LogP contribution in [0.3, 0.4) is 0 Å². The molecule has 0 saturated carbocycles. The summed E-state index contributed by atoms with van der Waals surface area (Å²) in [7, 11) is 0. The van der Waals surface area contributed by atoms with Gasteiger partial charge in [-0.2, -0.15) is 0 Å². The molecule has 0 N–H and O–H groups in total. The Labute approximate surface area is 69.1 Å². The summed E-state index contributed by atoms with van der Waals surface area (Å²) in [5.41, 5.74) is 0. The lowest BCUT2D eigenvalue weighted by atomic mass is 10.1. The Hall–Kier alpha value is 0.0900. The summed E-state index contributed by atoms with van der Waals surface area (Å²) < 4.78 is 0. The van der Waals surface area contributed by atoms with Gasteiger partial charge < -0.3 is 0 Å². The Bertz CT molecular complexity index is 84.7. The van der Waals surface area contributed by atoms with Crippen LogP contribution in [0, 0.1) is 5.92 Å². The van der Waals surface area contributed by atoms with Crippen molar-refractivity contribution in [1.82, 2.24) is 0 Å². The highest BCUT2D eigenvalue weighted by molar-refractivity contribution is 8.02. The van der Waals surface area contributed by atoms with Crippen molar-refractivity contribution < 1.29 is 0 Å². The van der Waals surface area contributed by atoms with Gasteiger partial charge in [-0.05, 0) is 30.4 Å². The van der Waals surface area contributed by atoms with E-state index in [1.165, 1.54) is 18.6 Å². The van der Waals surface area contributed by atoms with Crippen LogP contribution in [0.1, 0.15) is 33.6 Å². The monoisotopic (exact) mass is 158 g/mol. The molecule has 0 bridgehead atoms. The molecule has 0 amide bonds. The zero-order valence-electron chi connectivity index (χ0n) is 7.26. The summed E-state index contributed by atoms with van der Waals surface area (Å²) in [5, 5.41) is 2.17. The fourth-order valence-corrected chi connectivity index (χ4v) is 1.40. The molecule has 0 rings (SSSR count). The molecule has 0 aromatic rings. The van der Waals surface area contributed by atoms with E-state index in [1.54, 1.807) is 0 Å². The van der Waals surface area contributed by atoms with Crippen LogP contribution in [0.4, 0.5) is 0 Å². The lowest BCUT2D eigenvalue weighted by Crippen LogP contribution is -1.87. The molecule has 0 saturated heterocycles. The molecule has 0 radical (unpaired) electrons. The Morgan fingerprint density at radius 3 is 2.60 bits per heavy atom. The number of rotatable bonds is 5. The average Bonchev–Trinajstić information content (AvgIpc) is 1.87. The molecule has 0 spiro atoms. The Balaban J connectivity index is 2.91. The maximum atomic E-state index is 2.28. The van der Waals surface area contributed by atoms with Gasteiger partial charge in [0.05, 0.1) is 0 Å². The molecule has 0 nitrogen and oxygen atoms in total. The number of allylic oxidation sites excluding steroid dienone is 1. The summed E-state index contributed by atoms with van der Waals surface area (Å²) in [6.45, 7) is 6.62. The van der Waals surface area contributed by atoms with Crippen molar-refractivity contribution >= 4 is 11.8 Å². The molecule has 1 heteroatoms. The van der Waals surface area contributed by atoms with Gasteiger partial charge in [-0.15, -0.1) is 11.8 Å². The lowest BCUT2D eigenvalue weighted by molar-refractivity contribution is 0.579. The van der Waals surface area contributed by atoms with Gasteiger partial charge in [-0.25, -0.2) is 0 Å². The van der Waals surface area contributed by atoms with E-state index in [1.807, 2.05) is 11.8 Å². The van der Waals surface area contributed by atoms with E-state index in [0.717, 1.165) is 5.92 Å². The van der Waals surface area contributed by atoms with Crippen molar-refractivity contribution in [3.8, 4) is 0 Å². The fourth-order valence-electron chi connectivity index (χ4n) is 0.739. The second-order valence-corrected chi connectivity index (χ2v) is 3.89. The number of thioether (sulfide) groups is 1. The van der Waals surface area contributed by atoms with E-state index < -0.39 is 0 Å². The molecular weight excluding hydrogens is 140 g/mol. The fraction of sp³-hybridized carbons (Fsp3) is 0.778. The van der Waals surface area contributed by atoms with Crippen LogP contribution in [0.25, 0.3) is 0 Å². The van der Waals surface area contributed by atoms with Crippen LogP contribution in [0.5, 0.6) is 0 Å². The molecule has 0 aliphatic rings. The zero-order valence-corrected chi connectivity index (χ0v) is 8.08. The molecular formula is C9H18S. The van der Waals surface area contributed by atoms with E-state index in [2.05, 4.69) is 32.3 Å². The van der Waals surface area contributed by atoms with Crippen LogP contribution in [0.2, 0.25) is 0 Å². The summed E-state index contributed by atoms with van der Waals surface area (Å²) >= 11 is 1.91. The van der Waals surface area contributed by atoms with Gasteiger partial charge in [0.2, 0.25) is 0 Å². The minimum Gasteiger partial charge on any atom is -0.134 e. The molecule has 0 aliphatic carbocycles. The van der Waals surface area contributed by atoms with Gasteiger partial charge in [-0.1, -0.05) is 26.3 Å². The minimum absolute atomic E-state index is 0.867. The van der Waals surface area contributed by atoms with Gasteiger partial charge in [-0.3, -0.25) is 0 Å². The second-order valence-electron chi connectivity index (χ2n) is 2.88. The highest BCUT2D eigenvalue weighted by atomic mass is 32.2. The first-order valence-corrected chi connectivity index (χ1v) is 5.05. The van der Waals surface area contributed by atoms with Crippen molar-refractivity contribution in [1.29, 1.82) is 0 Å². The smallest absolute Gasteiger partial charge is 0.00260 e. The largest absolute Gasteiger partial charge is 0.134 e. The van der Waals surface area contributed by atoms with Crippen LogP contribution < -0.4 is 0 Å². The first-order chi connectivity index (χ1) is 4.77. The summed E-state index contributed by atoms with van der Waals surface area (Å²) in [6.07, 6.45) is 4.82. The molecule has 0 aromatic heterocycles. The third kappa shape index (κ3) is 8.09. The molecule has 0 unspecified atom stereocenters. The highest BCUT2D eigenvalue weighted by Gasteiger charge is 1.91. The molecule has 0 aromatic carbocycles. The predicted molar refractivity (Wildman–Crippen MR) is 51.3 cm³/mol. The van der Waals surface area contributed by atoms with Gasteiger partial charge in [0.25, 0.3) is 0 Å². The third-order valence-corrected chi connectivity index (χ3v) is 2.26. The number of hydrogen-bond acceptors (Lipinski definition) is 1. The van der Waals surface area contributed by atoms with Gasteiger partial charge in [0.1, 0.15) is 0 Å². The summed E-state index contributed by atoms with van der Waals surface area (Å²) in [5.74, 6) is 2.15. The molecule has 0 heterocycles. The van der Waals surface area contributed by atoms with E-state index in [0.29, 0.717) is 0 Å². The minimum atomic E-state index is 0.867. The van der Waals surface area contributed by atoms with Crippen LogP contribution in [-0.2, 0) is 0 Å². The standard InChI is InChI=1S/C9H18S/c1-4-7-10-8-5-6-9(2)3/h4,7,9H,5-6,8H2,1-3H3. The van der Waals surface area contributed by atoms with Gasteiger partial charge >= 0.3 is 0 Å². The molecule has 0 atom stereocenters. The highest BCUT2D eigenvalue weighted by Crippen LogP contribution is 2.09. The van der Waals surface area contributed by atoms with Gasteiger partial charge in [0, 0.05) is 0 Å². The molecule has 10 heavy (non-hydrogen) atoms. The maximum Gasteiger partial charge on any atom is -0.00260 e. The summed E-state index contributed by atoms with van der Waals surface area (Å²) in [6, 6.07) is 0. The van der Waals surface area contributed by atoms with Crippen molar-refractivity contribution in [3.63, 3.8) is 0 Å². The van der Waals surface area contributed by atoms with Gasteiger partial charge in [0.15, 0.2) is 0 Å². The van der Waals surface area contributed by atoms with E-state index in [4.69, 9.17) is 0 Å². The topological polar surface area (TPSA) is 0 Å².